The van der Waals surface area contributed by atoms with Crippen molar-refractivity contribution >= 4 is 0 Å². The number of hydrogen-bond donors (Lipinski definition) is 1. The lowest BCUT2D eigenvalue weighted by molar-refractivity contribution is 0.000467. The molecule has 106 valence electrons. The molecule has 0 aromatic heterocycles. The summed E-state index contributed by atoms with van der Waals surface area (Å²) in [6.07, 6.45) is 2.22. The van der Waals surface area contributed by atoms with Crippen LogP contribution in [0.5, 0.6) is 11.5 Å². The summed E-state index contributed by atoms with van der Waals surface area (Å²) in [5.41, 5.74) is 1.15. The molecule has 1 N–H and O–H groups in total. The Labute approximate surface area is 115 Å². The zero-order chi connectivity index (χ0) is 13.7. The van der Waals surface area contributed by atoms with Crippen molar-refractivity contribution in [1.29, 1.82) is 0 Å². The maximum atomic E-state index is 5.88. The second-order valence-corrected chi connectivity index (χ2v) is 4.75. The third-order valence-corrected chi connectivity index (χ3v) is 3.56. The molecular formula is C15H23NO3. The molecule has 1 aromatic carbocycles. The van der Waals surface area contributed by atoms with E-state index < -0.39 is 0 Å². The molecule has 19 heavy (non-hydrogen) atoms. The fourth-order valence-electron chi connectivity index (χ4n) is 2.56. The summed E-state index contributed by atoms with van der Waals surface area (Å²) in [6, 6.07) is 6.55. The number of nitrogens with one attached hydrogen (secondary N) is 1. The fourth-order valence-corrected chi connectivity index (χ4v) is 2.56. The Balaban J connectivity index is 2.12. The third-order valence-electron chi connectivity index (χ3n) is 3.56. The quantitative estimate of drug-likeness (QED) is 0.888. The van der Waals surface area contributed by atoms with Crippen LogP contribution in [0.25, 0.3) is 0 Å². The number of methoxy groups -OCH3 is 2. The molecule has 1 saturated heterocycles. The maximum absolute atomic E-state index is 5.88. The fraction of sp³-hybridized carbons (Fsp3) is 0.600. The highest BCUT2D eigenvalue weighted by Gasteiger charge is 2.24. The molecule has 2 unspecified atom stereocenters. The predicted molar refractivity (Wildman–Crippen MR) is 74.9 cm³/mol. The summed E-state index contributed by atoms with van der Waals surface area (Å²) in [5, 5.41) is 3.50. The topological polar surface area (TPSA) is 39.7 Å². The molecule has 1 heterocycles. The summed E-state index contributed by atoms with van der Waals surface area (Å²) < 4.78 is 16.5. The monoisotopic (exact) mass is 265 g/mol. The first-order chi connectivity index (χ1) is 9.28. The zero-order valence-corrected chi connectivity index (χ0v) is 11.9. The van der Waals surface area contributed by atoms with E-state index in [0.717, 1.165) is 43.1 Å². The van der Waals surface area contributed by atoms with Crippen LogP contribution < -0.4 is 14.8 Å². The molecule has 2 atom stereocenters. The van der Waals surface area contributed by atoms with Gasteiger partial charge in [0.05, 0.1) is 20.3 Å². The first-order valence-electron chi connectivity index (χ1n) is 6.85. The van der Waals surface area contributed by atoms with Crippen molar-refractivity contribution in [3.63, 3.8) is 0 Å². The molecule has 4 heteroatoms. The van der Waals surface area contributed by atoms with Gasteiger partial charge in [0.25, 0.3) is 0 Å². The molecule has 1 aliphatic rings. The Hall–Kier alpha value is -1.26. The van der Waals surface area contributed by atoms with Crippen LogP contribution in [0.3, 0.4) is 0 Å². The SMILES string of the molecule is CCNC1CCOC(c2ccc(OC)c(OC)c2)C1. The van der Waals surface area contributed by atoms with Crippen LogP contribution in [0.2, 0.25) is 0 Å². The van der Waals surface area contributed by atoms with Gasteiger partial charge < -0.3 is 19.5 Å². The van der Waals surface area contributed by atoms with Gasteiger partial charge in [-0.2, -0.15) is 0 Å². The van der Waals surface area contributed by atoms with E-state index in [9.17, 15) is 0 Å². The van der Waals surface area contributed by atoms with Crippen LogP contribution in [0.4, 0.5) is 0 Å². The van der Waals surface area contributed by atoms with Gasteiger partial charge in [0, 0.05) is 12.6 Å². The van der Waals surface area contributed by atoms with E-state index in [4.69, 9.17) is 14.2 Å². The second kappa shape index (κ2) is 6.78. The molecule has 1 fully saturated rings. The lowest BCUT2D eigenvalue weighted by Crippen LogP contribution is -2.35. The lowest BCUT2D eigenvalue weighted by Gasteiger charge is -2.30. The molecular weight excluding hydrogens is 242 g/mol. The van der Waals surface area contributed by atoms with Gasteiger partial charge >= 0.3 is 0 Å². The third kappa shape index (κ3) is 3.39. The highest BCUT2D eigenvalue weighted by atomic mass is 16.5. The first kappa shape index (κ1) is 14.2. The largest absolute Gasteiger partial charge is 0.493 e. The average Bonchev–Trinajstić information content (AvgIpc) is 2.47. The minimum absolute atomic E-state index is 0.137. The van der Waals surface area contributed by atoms with Crippen molar-refractivity contribution in [3.05, 3.63) is 23.8 Å². The average molecular weight is 265 g/mol. The van der Waals surface area contributed by atoms with Crippen molar-refractivity contribution in [2.24, 2.45) is 0 Å². The Morgan fingerprint density at radius 2 is 2.05 bits per heavy atom. The Bertz CT molecular complexity index is 406. The summed E-state index contributed by atoms with van der Waals surface area (Å²) in [7, 11) is 3.31. The van der Waals surface area contributed by atoms with E-state index >= 15 is 0 Å². The molecule has 0 radical (unpaired) electrons. The van der Waals surface area contributed by atoms with Crippen LogP contribution in [-0.2, 0) is 4.74 Å². The van der Waals surface area contributed by atoms with E-state index in [-0.39, 0.29) is 6.10 Å². The molecule has 0 aliphatic carbocycles. The van der Waals surface area contributed by atoms with Gasteiger partial charge in [-0.3, -0.25) is 0 Å². The predicted octanol–water partition coefficient (Wildman–Crippen LogP) is 2.53. The number of rotatable bonds is 5. The van der Waals surface area contributed by atoms with Crippen molar-refractivity contribution < 1.29 is 14.2 Å². The number of benzene rings is 1. The van der Waals surface area contributed by atoms with Gasteiger partial charge in [0.1, 0.15) is 0 Å². The molecule has 1 aromatic rings. The summed E-state index contributed by atoms with van der Waals surface area (Å²) in [5.74, 6) is 1.51. The molecule has 2 rings (SSSR count). The number of ether oxygens (including phenoxy) is 3. The minimum Gasteiger partial charge on any atom is -0.493 e. The molecule has 0 amide bonds. The smallest absolute Gasteiger partial charge is 0.161 e. The van der Waals surface area contributed by atoms with Gasteiger partial charge in [-0.05, 0) is 37.1 Å². The van der Waals surface area contributed by atoms with Crippen LogP contribution in [0, 0.1) is 0 Å². The molecule has 0 saturated carbocycles. The summed E-state index contributed by atoms with van der Waals surface area (Å²) in [6.45, 7) is 3.95. The van der Waals surface area contributed by atoms with Crippen LogP contribution in [-0.4, -0.2) is 33.4 Å². The maximum Gasteiger partial charge on any atom is 0.161 e. The molecule has 0 spiro atoms. The highest BCUT2D eigenvalue weighted by molar-refractivity contribution is 5.43. The van der Waals surface area contributed by atoms with Gasteiger partial charge in [0.2, 0.25) is 0 Å². The normalized spacial score (nSPS) is 23.1. The molecule has 0 bridgehead atoms. The molecule has 1 aliphatic heterocycles. The van der Waals surface area contributed by atoms with E-state index in [1.165, 1.54) is 0 Å². The minimum atomic E-state index is 0.137. The van der Waals surface area contributed by atoms with Gasteiger partial charge in [-0.25, -0.2) is 0 Å². The van der Waals surface area contributed by atoms with Gasteiger partial charge in [0.15, 0.2) is 11.5 Å². The molecule has 4 nitrogen and oxygen atoms in total. The van der Waals surface area contributed by atoms with Crippen LogP contribution in [0.1, 0.15) is 31.4 Å². The van der Waals surface area contributed by atoms with Crippen molar-refractivity contribution in [3.8, 4) is 11.5 Å². The highest BCUT2D eigenvalue weighted by Crippen LogP contribution is 2.34. The standard InChI is InChI=1S/C15H23NO3/c1-4-16-12-7-8-19-14(10-12)11-5-6-13(17-2)15(9-11)18-3/h5-6,9,12,14,16H,4,7-8,10H2,1-3H3. The van der Waals surface area contributed by atoms with Crippen molar-refractivity contribution in [2.75, 3.05) is 27.4 Å². The summed E-state index contributed by atoms with van der Waals surface area (Å²) in [4.78, 5) is 0. The Morgan fingerprint density at radius 1 is 1.26 bits per heavy atom. The van der Waals surface area contributed by atoms with E-state index in [1.54, 1.807) is 14.2 Å². The van der Waals surface area contributed by atoms with E-state index in [1.807, 2.05) is 12.1 Å². The Kier molecular flexibility index (Phi) is 5.05. The number of hydrogen-bond acceptors (Lipinski definition) is 4. The second-order valence-electron chi connectivity index (χ2n) is 4.75. The van der Waals surface area contributed by atoms with Gasteiger partial charge in [-0.1, -0.05) is 13.0 Å². The van der Waals surface area contributed by atoms with Crippen molar-refractivity contribution in [2.45, 2.75) is 31.9 Å². The summed E-state index contributed by atoms with van der Waals surface area (Å²) >= 11 is 0. The van der Waals surface area contributed by atoms with E-state index in [2.05, 4.69) is 18.3 Å². The zero-order valence-electron chi connectivity index (χ0n) is 11.9. The Morgan fingerprint density at radius 3 is 2.74 bits per heavy atom. The van der Waals surface area contributed by atoms with Crippen molar-refractivity contribution in [1.82, 2.24) is 5.32 Å². The first-order valence-corrected chi connectivity index (χ1v) is 6.85. The van der Waals surface area contributed by atoms with Gasteiger partial charge in [-0.15, -0.1) is 0 Å². The van der Waals surface area contributed by atoms with Crippen LogP contribution in [0.15, 0.2) is 18.2 Å². The van der Waals surface area contributed by atoms with E-state index in [0.29, 0.717) is 6.04 Å². The lowest BCUT2D eigenvalue weighted by atomic mass is 9.97. The van der Waals surface area contributed by atoms with Crippen LogP contribution >= 0.6 is 0 Å².